The molecular weight excluding hydrogens is 344 g/mol. The number of hydrogen-bond acceptors (Lipinski definition) is 5. The first-order valence-electron chi connectivity index (χ1n) is 5.72. The lowest BCUT2D eigenvalue weighted by atomic mass is 10.3. The van der Waals surface area contributed by atoms with E-state index in [0.29, 0.717) is 12.1 Å². The van der Waals surface area contributed by atoms with Crippen molar-refractivity contribution in [3.63, 3.8) is 0 Å². The fourth-order valence-corrected chi connectivity index (χ4v) is 2.97. The molecule has 0 amide bonds. The van der Waals surface area contributed by atoms with Crippen LogP contribution in [0, 0.1) is 6.92 Å². The maximum absolute atomic E-state index is 12.2. The number of aromatic nitrogens is 2. The van der Waals surface area contributed by atoms with E-state index in [-0.39, 0.29) is 10.8 Å². The molecule has 0 unspecified atom stereocenters. The van der Waals surface area contributed by atoms with Crippen LogP contribution in [0.4, 0.5) is 5.82 Å². The molecule has 0 bridgehead atoms. The van der Waals surface area contributed by atoms with Gasteiger partial charge in [-0.2, -0.15) is 8.42 Å². The van der Waals surface area contributed by atoms with E-state index < -0.39 is 10.0 Å². The summed E-state index contributed by atoms with van der Waals surface area (Å²) in [5, 5.41) is -0.0705. The van der Waals surface area contributed by atoms with Gasteiger partial charge in [-0.05, 0) is 46.1 Å². The smallest absolute Gasteiger partial charge is 0.280 e. The van der Waals surface area contributed by atoms with Crippen LogP contribution in [0.25, 0.3) is 0 Å². The van der Waals surface area contributed by atoms with Gasteiger partial charge in [0.15, 0.2) is 5.03 Å². The predicted octanol–water partition coefficient (Wildman–Crippen LogP) is 1.81. The van der Waals surface area contributed by atoms with Gasteiger partial charge in [0.2, 0.25) is 0 Å². The third kappa shape index (κ3) is 3.33. The molecule has 0 aliphatic heterocycles. The SMILES string of the molecule is Cc1cc(Br)cnc1NS(=O)(=O)c1ccc(CN)cn1. The lowest BCUT2D eigenvalue weighted by molar-refractivity contribution is 0.597. The molecule has 2 aromatic rings. The summed E-state index contributed by atoms with van der Waals surface area (Å²) >= 11 is 3.27. The van der Waals surface area contributed by atoms with Crippen molar-refractivity contribution in [2.24, 2.45) is 5.73 Å². The molecule has 0 saturated carbocycles. The Kier molecular flexibility index (Phi) is 4.36. The summed E-state index contributed by atoms with van der Waals surface area (Å²) in [6.07, 6.45) is 2.96. The van der Waals surface area contributed by atoms with Crippen molar-refractivity contribution in [2.75, 3.05) is 4.72 Å². The van der Waals surface area contributed by atoms with Crippen LogP contribution in [0.15, 0.2) is 40.1 Å². The summed E-state index contributed by atoms with van der Waals surface area (Å²) in [6, 6.07) is 4.82. The van der Waals surface area contributed by atoms with E-state index in [4.69, 9.17) is 5.73 Å². The Morgan fingerprint density at radius 3 is 2.60 bits per heavy atom. The Bertz CT molecular complexity index is 717. The first kappa shape index (κ1) is 14.9. The second-order valence-corrected chi connectivity index (χ2v) is 6.68. The fraction of sp³-hybridized carbons (Fsp3) is 0.167. The quantitative estimate of drug-likeness (QED) is 0.870. The van der Waals surface area contributed by atoms with Crippen molar-refractivity contribution in [3.8, 4) is 0 Å². The van der Waals surface area contributed by atoms with Crippen LogP contribution < -0.4 is 10.5 Å². The molecule has 0 radical (unpaired) electrons. The molecule has 0 aromatic carbocycles. The first-order valence-corrected chi connectivity index (χ1v) is 8.00. The average molecular weight is 357 g/mol. The Balaban J connectivity index is 2.30. The molecule has 2 heterocycles. The number of nitrogens with zero attached hydrogens (tertiary/aromatic N) is 2. The number of pyridine rings is 2. The highest BCUT2D eigenvalue weighted by Gasteiger charge is 2.17. The second kappa shape index (κ2) is 5.86. The van der Waals surface area contributed by atoms with Crippen LogP contribution in [-0.4, -0.2) is 18.4 Å². The first-order chi connectivity index (χ1) is 9.42. The monoisotopic (exact) mass is 356 g/mol. The number of sulfonamides is 1. The third-order valence-electron chi connectivity index (χ3n) is 2.58. The van der Waals surface area contributed by atoms with Crippen molar-refractivity contribution >= 4 is 31.8 Å². The lowest BCUT2D eigenvalue weighted by Crippen LogP contribution is -2.16. The highest BCUT2D eigenvalue weighted by molar-refractivity contribution is 9.10. The summed E-state index contributed by atoms with van der Waals surface area (Å²) in [5.41, 5.74) is 6.92. The summed E-state index contributed by atoms with van der Waals surface area (Å²) in [7, 11) is -3.75. The molecule has 0 aliphatic rings. The molecule has 0 spiro atoms. The Labute approximate surface area is 125 Å². The van der Waals surface area contributed by atoms with E-state index in [2.05, 4.69) is 30.6 Å². The van der Waals surface area contributed by atoms with Crippen molar-refractivity contribution in [3.05, 3.63) is 46.2 Å². The van der Waals surface area contributed by atoms with Crippen LogP contribution in [0.3, 0.4) is 0 Å². The second-order valence-electron chi connectivity index (χ2n) is 4.13. The minimum atomic E-state index is -3.75. The molecule has 2 aromatic heterocycles. The highest BCUT2D eigenvalue weighted by Crippen LogP contribution is 2.19. The van der Waals surface area contributed by atoms with Gasteiger partial charge < -0.3 is 5.73 Å². The van der Waals surface area contributed by atoms with Crippen molar-refractivity contribution in [2.45, 2.75) is 18.5 Å². The number of aryl methyl sites for hydroxylation is 1. The zero-order valence-corrected chi connectivity index (χ0v) is 13.1. The van der Waals surface area contributed by atoms with E-state index in [0.717, 1.165) is 10.0 Å². The van der Waals surface area contributed by atoms with Gasteiger partial charge in [0.25, 0.3) is 10.0 Å². The topological polar surface area (TPSA) is 98.0 Å². The molecule has 8 heteroatoms. The van der Waals surface area contributed by atoms with Crippen molar-refractivity contribution in [1.82, 2.24) is 9.97 Å². The van der Waals surface area contributed by atoms with E-state index >= 15 is 0 Å². The Hall–Kier alpha value is -1.51. The van der Waals surface area contributed by atoms with Crippen molar-refractivity contribution < 1.29 is 8.42 Å². The summed E-state index contributed by atoms with van der Waals surface area (Å²) in [6.45, 7) is 2.08. The Morgan fingerprint density at radius 2 is 2.05 bits per heavy atom. The zero-order valence-electron chi connectivity index (χ0n) is 10.7. The van der Waals surface area contributed by atoms with E-state index in [9.17, 15) is 8.42 Å². The zero-order chi connectivity index (χ0) is 14.8. The minimum absolute atomic E-state index is 0.0705. The summed E-state index contributed by atoms with van der Waals surface area (Å²) < 4.78 is 27.6. The molecule has 20 heavy (non-hydrogen) atoms. The number of nitrogens with two attached hydrogens (primary N) is 1. The van der Waals surface area contributed by atoms with Gasteiger partial charge in [-0.15, -0.1) is 0 Å². The molecule has 2 rings (SSSR count). The van der Waals surface area contributed by atoms with Gasteiger partial charge in [0.1, 0.15) is 5.82 Å². The molecular formula is C12H13BrN4O2S. The normalized spacial score (nSPS) is 11.3. The van der Waals surface area contributed by atoms with E-state index in [1.165, 1.54) is 18.5 Å². The molecule has 3 N–H and O–H groups in total. The molecule has 6 nitrogen and oxygen atoms in total. The molecule has 0 fully saturated rings. The largest absolute Gasteiger partial charge is 0.326 e. The molecule has 0 saturated heterocycles. The van der Waals surface area contributed by atoms with Gasteiger partial charge in [-0.3, -0.25) is 4.72 Å². The van der Waals surface area contributed by atoms with Gasteiger partial charge in [0, 0.05) is 23.4 Å². The molecule has 0 atom stereocenters. The van der Waals surface area contributed by atoms with Crippen LogP contribution in [-0.2, 0) is 16.6 Å². The number of hydrogen-bond donors (Lipinski definition) is 2. The van der Waals surface area contributed by atoms with Crippen LogP contribution in [0.1, 0.15) is 11.1 Å². The standard InChI is InChI=1S/C12H13BrN4O2S/c1-8-4-10(13)7-16-12(8)17-20(18,19)11-3-2-9(5-14)6-15-11/h2-4,6-7H,5,14H2,1H3,(H,16,17). The van der Waals surface area contributed by atoms with Crippen LogP contribution in [0.2, 0.25) is 0 Å². The fourth-order valence-electron chi connectivity index (χ4n) is 1.52. The van der Waals surface area contributed by atoms with Crippen molar-refractivity contribution in [1.29, 1.82) is 0 Å². The predicted molar refractivity (Wildman–Crippen MR) is 79.6 cm³/mol. The average Bonchev–Trinajstić information content (AvgIpc) is 2.42. The minimum Gasteiger partial charge on any atom is -0.326 e. The van der Waals surface area contributed by atoms with Gasteiger partial charge in [-0.1, -0.05) is 6.07 Å². The number of anilines is 1. The maximum Gasteiger partial charge on any atom is 0.280 e. The van der Waals surface area contributed by atoms with Crippen LogP contribution in [0.5, 0.6) is 0 Å². The van der Waals surface area contributed by atoms with E-state index in [1.807, 2.05) is 0 Å². The molecule has 0 aliphatic carbocycles. The van der Waals surface area contributed by atoms with Crippen LogP contribution >= 0.6 is 15.9 Å². The highest BCUT2D eigenvalue weighted by atomic mass is 79.9. The number of halogens is 1. The van der Waals surface area contributed by atoms with E-state index in [1.54, 1.807) is 19.1 Å². The molecule has 106 valence electrons. The summed E-state index contributed by atoms with van der Waals surface area (Å²) in [5.74, 6) is 0.276. The van der Waals surface area contributed by atoms with Gasteiger partial charge in [-0.25, -0.2) is 9.97 Å². The number of rotatable bonds is 4. The number of nitrogens with one attached hydrogen (secondary N) is 1. The van der Waals surface area contributed by atoms with Gasteiger partial charge in [0.05, 0.1) is 0 Å². The Morgan fingerprint density at radius 1 is 1.30 bits per heavy atom. The van der Waals surface area contributed by atoms with Gasteiger partial charge >= 0.3 is 0 Å². The lowest BCUT2D eigenvalue weighted by Gasteiger charge is -2.09. The summed E-state index contributed by atoms with van der Waals surface area (Å²) in [4.78, 5) is 7.93. The third-order valence-corrected chi connectivity index (χ3v) is 4.27. The maximum atomic E-state index is 12.2.